The quantitative estimate of drug-likeness (QED) is 0.473. The molecule has 12 heavy (non-hydrogen) atoms. The first-order valence-corrected chi connectivity index (χ1v) is 4.30. The fourth-order valence-corrected chi connectivity index (χ4v) is 1.82. The van der Waals surface area contributed by atoms with Crippen molar-refractivity contribution in [3.05, 3.63) is 12.2 Å². The molecule has 0 saturated heterocycles. The summed E-state index contributed by atoms with van der Waals surface area (Å²) in [7, 11) is 0. The zero-order valence-corrected chi connectivity index (χ0v) is 7.54. The van der Waals surface area contributed by atoms with Gasteiger partial charge in [-0.1, -0.05) is 12.2 Å². The molecule has 0 aromatic heterocycles. The molecular formula is C10H14O2. The van der Waals surface area contributed by atoms with E-state index in [0.29, 0.717) is 0 Å². The van der Waals surface area contributed by atoms with Crippen LogP contribution in [0.25, 0.3) is 0 Å². The van der Waals surface area contributed by atoms with Gasteiger partial charge in [0, 0.05) is 0 Å². The van der Waals surface area contributed by atoms with Gasteiger partial charge in [-0.25, -0.2) is 0 Å². The van der Waals surface area contributed by atoms with Crippen LogP contribution >= 0.6 is 0 Å². The summed E-state index contributed by atoms with van der Waals surface area (Å²) in [5, 5.41) is 0. The van der Waals surface area contributed by atoms with Crippen LogP contribution in [-0.2, 0) is 9.59 Å². The molecule has 0 saturated carbocycles. The van der Waals surface area contributed by atoms with Gasteiger partial charge in [-0.05, 0) is 32.6 Å². The van der Waals surface area contributed by atoms with E-state index in [1.807, 2.05) is 12.2 Å². The molecule has 0 heterocycles. The van der Waals surface area contributed by atoms with Crippen molar-refractivity contribution in [2.45, 2.75) is 26.7 Å². The Bertz CT molecular complexity index is 214. The number of ketones is 2. The zero-order valence-electron chi connectivity index (χ0n) is 7.54. The van der Waals surface area contributed by atoms with Gasteiger partial charge < -0.3 is 0 Å². The van der Waals surface area contributed by atoms with Gasteiger partial charge >= 0.3 is 0 Å². The molecule has 2 nitrogen and oxygen atoms in total. The van der Waals surface area contributed by atoms with Gasteiger partial charge in [0.05, 0.1) is 5.92 Å². The maximum absolute atomic E-state index is 11.1. The summed E-state index contributed by atoms with van der Waals surface area (Å²) in [6.07, 6.45) is 5.99. The van der Waals surface area contributed by atoms with E-state index in [9.17, 15) is 9.59 Å². The van der Waals surface area contributed by atoms with Gasteiger partial charge in [0.2, 0.25) is 0 Å². The Morgan fingerprint density at radius 2 is 1.92 bits per heavy atom. The smallest absolute Gasteiger partial charge is 0.140 e. The molecule has 1 aliphatic rings. The van der Waals surface area contributed by atoms with Gasteiger partial charge in [-0.15, -0.1) is 0 Å². The average Bonchev–Trinajstić information content (AvgIpc) is 2.37. The van der Waals surface area contributed by atoms with Gasteiger partial charge in [0.15, 0.2) is 0 Å². The lowest BCUT2D eigenvalue weighted by atomic mass is 9.86. The minimum Gasteiger partial charge on any atom is -0.299 e. The van der Waals surface area contributed by atoms with Crippen LogP contribution < -0.4 is 0 Å². The summed E-state index contributed by atoms with van der Waals surface area (Å²) in [6, 6.07) is 0. The Kier molecular flexibility index (Phi) is 2.79. The molecule has 1 atom stereocenters. The van der Waals surface area contributed by atoms with Crippen molar-refractivity contribution in [2.24, 2.45) is 11.8 Å². The van der Waals surface area contributed by atoms with E-state index in [1.165, 1.54) is 13.8 Å². The van der Waals surface area contributed by atoms with E-state index in [0.717, 1.165) is 12.8 Å². The van der Waals surface area contributed by atoms with Crippen LogP contribution in [0.1, 0.15) is 26.7 Å². The normalized spacial score (nSPS) is 21.8. The van der Waals surface area contributed by atoms with Crippen LogP contribution in [0.15, 0.2) is 12.2 Å². The van der Waals surface area contributed by atoms with E-state index in [4.69, 9.17) is 0 Å². The van der Waals surface area contributed by atoms with Crippen LogP contribution in [-0.4, -0.2) is 11.6 Å². The SMILES string of the molecule is CC(=O)C(C(C)=O)C1C=CCC1. The van der Waals surface area contributed by atoms with E-state index in [-0.39, 0.29) is 23.4 Å². The Hall–Kier alpha value is -0.920. The van der Waals surface area contributed by atoms with Crippen molar-refractivity contribution >= 4 is 11.6 Å². The third-order valence-corrected chi connectivity index (χ3v) is 2.35. The molecule has 0 radical (unpaired) electrons. The van der Waals surface area contributed by atoms with Gasteiger partial charge in [0.1, 0.15) is 11.6 Å². The second-order valence-corrected chi connectivity index (χ2v) is 3.37. The number of hydrogen-bond acceptors (Lipinski definition) is 2. The Morgan fingerprint density at radius 1 is 1.33 bits per heavy atom. The molecule has 66 valence electrons. The van der Waals surface area contributed by atoms with E-state index < -0.39 is 0 Å². The largest absolute Gasteiger partial charge is 0.299 e. The predicted molar refractivity (Wildman–Crippen MR) is 46.7 cm³/mol. The molecule has 0 fully saturated rings. The summed E-state index contributed by atoms with van der Waals surface area (Å²) in [4.78, 5) is 22.2. The lowest BCUT2D eigenvalue weighted by molar-refractivity contribution is -0.131. The zero-order chi connectivity index (χ0) is 9.14. The van der Waals surface area contributed by atoms with Crippen LogP contribution in [0, 0.1) is 11.8 Å². The maximum Gasteiger partial charge on any atom is 0.140 e. The highest BCUT2D eigenvalue weighted by molar-refractivity contribution is 6.00. The number of carbonyl (C=O) groups excluding carboxylic acids is 2. The van der Waals surface area contributed by atoms with E-state index >= 15 is 0 Å². The second-order valence-electron chi connectivity index (χ2n) is 3.37. The van der Waals surface area contributed by atoms with Gasteiger partial charge in [0.25, 0.3) is 0 Å². The van der Waals surface area contributed by atoms with Crippen molar-refractivity contribution < 1.29 is 9.59 Å². The molecule has 0 bridgehead atoms. The first kappa shape index (κ1) is 9.17. The van der Waals surface area contributed by atoms with E-state index in [1.54, 1.807) is 0 Å². The number of hydrogen-bond donors (Lipinski definition) is 0. The van der Waals surface area contributed by atoms with Crippen LogP contribution in [0.4, 0.5) is 0 Å². The summed E-state index contributed by atoms with van der Waals surface area (Å²) in [6.45, 7) is 3.00. The summed E-state index contributed by atoms with van der Waals surface area (Å²) < 4.78 is 0. The number of rotatable bonds is 3. The standard InChI is InChI=1S/C10H14O2/c1-7(11)10(8(2)12)9-5-3-4-6-9/h3,5,9-10H,4,6H2,1-2H3. The average molecular weight is 166 g/mol. The van der Waals surface area contributed by atoms with Crippen molar-refractivity contribution in [2.75, 3.05) is 0 Å². The number of carbonyl (C=O) groups is 2. The lowest BCUT2D eigenvalue weighted by Gasteiger charge is -2.15. The van der Waals surface area contributed by atoms with Crippen molar-refractivity contribution in [1.82, 2.24) is 0 Å². The fourth-order valence-electron chi connectivity index (χ4n) is 1.82. The monoisotopic (exact) mass is 166 g/mol. The summed E-state index contributed by atoms with van der Waals surface area (Å²) in [5.41, 5.74) is 0. The van der Waals surface area contributed by atoms with Crippen LogP contribution in [0.5, 0.6) is 0 Å². The Morgan fingerprint density at radius 3 is 2.25 bits per heavy atom. The van der Waals surface area contributed by atoms with Crippen molar-refractivity contribution in [1.29, 1.82) is 0 Å². The molecule has 0 aromatic carbocycles. The highest BCUT2D eigenvalue weighted by Crippen LogP contribution is 2.26. The third-order valence-electron chi connectivity index (χ3n) is 2.35. The fraction of sp³-hybridized carbons (Fsp3) is 0.600. The molecule has 2 heteroatoms. The van der Waals surface area contributed by atoms with Crippen molar-refractivity contribution in [3.8, 4) is 0 Å². The summed E-state index contributed by atoms with van der Waals surface area (Å²) in [5.74, 6) is -0.221. The predicted octanol–water partition coefficient (Wildman–Crippen LogP) is 1.75. The summed E-state index contributed by atoms with van der Waals surface area (Å²) >= 11 is 0. The van der Waals surface area contributed by atoms with E-state index in [2.05, 4.69) is 0 Å². The van der Waals surface area contributed by atoms with Crippen LogP contribution in [0.3, 0.4) is 0 Å². The lowest BCUT2D eigenvalue weighted by Crippen LogP contribution is -2.26. The molecular weight excluding hydrogens is 152 g/mol. The second kappa shape index (κ2) is 3.65. The molecule has 0 N–H and O–H groups in total. The number of Topliss-reactive ketones (excluding diaryl/α,β-unsaturated/α-hetero) is 2. The minimum atomic E-state index is -0.385. The van der Waals surface area contributed by atoms with Crippen molar-refractivity contribution in [3.63, 3.8) is 0 Å². The first-order valence-electron chi connectivity index (χ1n) is 4.30. The first-order chi connectivity index (χ1) is 5.63. The molecule has 1 unspecified atom stereocenters. The molecule has 0 aliphatic heterocycles. The Labute approximate surface area is 72.7 Å². The minimum absolute atomic E-state index is 0.000880. The molecule has 1 aliphatic carbocycles. The van der Waals surface area contributed by atoms with Crippen LogP contribution in [0.2, 0.25) is 0 Å². The number of allylic oxidation sites excluding steroid dienone is 2. The maximum atomic E-state index is 11.1. The molecule has 0 spiro atoms. The molecule has 0 amide bonds. The Balaban J connectivity index is 2.71. The molecule has 1 rings (SSSR count). The topological polar surface area (TPSA) is 34.1 Å². The van der Waals surface area contributed by atoms with Gasteiger partial charge in [-0.3, -0.25) is 9.59 Å². The van der Waals surface area contributed by atoms with Gasteiger partial charge in [-0.2, -0.15) is 0 Å². The molecule has 0 aromatic rings. The third kappa shape index (κ3) is 1.81. The highest BCUT2D eigenvalue weighted by Gasteiger charge is 2.28. The highest BCUT2D eigenvalue weighted by atomic mass is 16.1.